The molecule has 1 heteroatoms. The van der Waals surface area contributed by atoms with Crippen LogP contribution in [0.3, 0.4) is 0 Å². The van der Waals surface area contributed by atoms with Crippen LogP contribution in [0, 0.1) is 0 Å². The number of allylic oxidation sites excluding steroid dienone is 4. The molecule has 0 saturated carbocycles. The molecule has 0 aliphatic heterocycles. The second-order valence-electron chi connectivity index (χ2n) is 2.52. The Bertz CT molecular complexity index is 209. The summed E-state index contributed by atoms with van der Waals surface area (Å²) in [5.74, 6) is 0. The lowest BCUT2D eigenvalue weighted by molar-refractivity contribution is 1.01. The Morgan fingerprint density at radius 1 is 1.27 bits per heavy atom. The molecule has 0 atom stereocenters. The van der Waals surface area contributed by atoms with E-state index in [0.29, 0.717) is 0 Å². The zero-order chi connectivity index (χ0) is 8.85. The Morgan fingerprint density at radius 2 is 1.82 bits per heavy atom. The summed E-state index contributed by atoms with van der Waals surface area (Å²) in [7, 11) is 0. The van der Waals surface area contributed by atoms with Gasteiger partial charge in [-0.15, -0.1) is 0 Å². The van der Waals surface area contributed by atoms with Gasteiger partial charge in [0.05, 0.1) is 0 Å². The van der Waals surface area contributed by atoms with E-state index >= 15 is 0 Å². The number of hydrogen-bond donors (Lipinski definition) is 1. The maximum Gasteiger partial charge on any atom is 0.0311 e. The molecule has 0 spiro atoms. The van der Waals surface area contributed by atoms with Gasteiger partial charge in [-0.3, -0.25) is 0 Å². The predicted octanol–water partition coefficient (Wildman–Crippen LogP) is 2.76. The minimum absolute atomic E-state index is 0.842. The molecule has 0 rings (SSSR count). The standard InChI is InChI=1S/C10H15N/c1-6-9(4)7-10(5)11-8(2)3/h6-7,11H,1-2,5H2,3-4H3/b9-7-. The zero-order valence-corrected chi connectivity index (χ0v) is 7.28. The van der Waals surface area contributed by atoms with Crippen LogP contribution in [0.1, 0.15) is 13.8 Å². The van der Waals surface area contributed by atoms with Crippen LogP contribution in [0.4, 0.5) is 0 Å². The largest absolute Gasteiger partial charge is 0.360 e. The molecular formula is C10H15N. The van der Waals surface area contributed by atoms with Gasteiger partial charge in [-0.2, -0.15) is 0 Å². The first-order valence-corrected chi connectivity index (χ1v) is 3.48. The van der Waals surface area contributed by atoms with Crippen molar-refractivity contribution in [2.24, 2.45) is 0 Å². The second kappa shape index (κ2) is 4.56. The molecule has 0 aromatic rings. The molecule has 0 radical (unpaired) electrons. The van der Waals surface area contributed by atoms with Crippen LogP contribution in [0.25, 0.3) is 0 Å². The fourth-order valence-corrected chi connectivity index (χ4v) is 0.644. The van der Waals surface area contributed by atoms with E-state index in [1.165, 1.54) is 0 Å². The van der Waals surface area contributed by atoms with Crippen LogP contribution >= 0.6 is 0 Å². The minimum atomic E-state index is 0.842. The Balaban J connectivity index is 4.07. The summed E-state index contributed by atoms with van der Waals surface area (Å²) in [4.78, 5) is 0. The Labute approximate surface area is 68.8 Å². The van der Waals surface area contributed by atoms with Gasteiger partial charge in [0, 0.05) is 11.4 Å². The third-order valence-corrected chi connectivity index (χ3v) is 1.10. The van der Waals surface area contributed by atoms with Gasteiger partial charge in [0.2, 0.25) is 0 Å². The first kappa shape index (κ1) is 9.76. The van der Waals surface area contributed by atoms with E-state index in [1.807, 2.05) is 19.9 Å². The SMILES string of the molecule is C=C/C(C)=C\C(=C)NC(=C)C. The molecule has 0 aliphatic carbocycles. The molecule has 1 nitrogen and oxygen atoms in total. The summed E-state index contributed by atoms with van der Waals surface area (Å²) >= 11 is 0. The summed E-state index contributed by atoms with van der Waals surface area (Å²) in [5.41, 5.74) is 2.82. The summed E-state index contributed by atoms with van der Waals surface area (Å²) < 4.78 is 0. The molecular weight excluding hydrogens is 134 g/mol. The summed E-state index contributed by atoms with van der Waals surface area (Å²) in [5, 5.41) is 2.99. The lowest BCUT2D eigenvalue weighted by atomic mass is 10.2. The third kappa shape index (κ3) is 5.22. The fraction of sp³-hybridized carbons (Fsp3) is 0.200. The molecule has 0 amide bonds. The maximum atomic E-state index is 3.79. The van der Waals surface area contributed by atoms with E-state index in [0.717, 1.165) is 17.0 Å². The molecule has 11 heavy (non-hydrogen) atoms. The van der Waals surface area contributed by atoms with Gasteiger partial charge >= 0.3 is 0 Å². The Hall–Kier alpha value is -1.24. The topological polar surface area (TPSA) is 12.0 Å². The average molecular weight is 149 g/mol. The van der Waals surface area contributed by atoms with Gasteiger partial charge in [0.1, 0.15) is 0 Å². The molecule has 60 valence electrons. The van der Waals surface area contributed by atoms with Crippen LogP contribution in [-0.2, 0) is 0 Å². The van der Waals surface area contributed by atoms with Crippen molar-refractivity contribution in [1.82, 2.24) is 5.32 Å². The van der Waals surface area contributed by atoms with E-state index in [9.17, 15) is 0 Å². The fourth-order valence-electron chi connectivity index (χ4n) is 0.644. The van der Waals surface area contributed by atoms with E-state index in [-0.39, 0.29) is 0 Å². The van der Waals surface area contributed by atoms with Gasteiger partial charge in [-0.1, -0.05) is 25.8 Å². The molecule has 0 fully saturated rings. The lowest BCUT2D eigenvalue weighted by Crippen LogP contribution is -2.06. The van der Waals surface area contributed by atoms with Crippen LogP contribution < -0.4 is 5.32 Å². The van der Waals surface area contributed by atoms with Crippen LogP contribution in [0.15, 0.2) is 48.9 Å². The molecule has 0 saturated heterocycles. The van der Waals surface area contributed by atoms with Gasteiger partial charge < -0.3 is 5.32 Å². The van der Waals surface area contributed by atoms with E-state index in [1.54, 1.807) is 6.08 Å². The quantitative estimate of drug-likeness (QED) is 0.606. The van der Waals surface area contributed by atoms with Gasteiger partial charge in [-0.25, -0.2) is 0 Å². The van der Waals surface area contributed by atoms with Crippen molar-refractivity contribution in [3.8, 4) is 0 Å². The third-order valence-electron chi connectivity index (χ3n) is 1.10. The maximum absolute atomic E-state index is 3.79. The summed E-state index contributed by atoms with van der Waals surface area (Å²) in [6.07, 6.45) is 3.70. The summed E-state index contributed by atoms with van der Waals surface area (Å²) in [6, 6.07) is 0. The number of hydrogen-bond acceptors (Lipinski definition) is 1. The summed E-state index contributed by atoms with van der Waals surface area (Å²) in [6.45, 7) is 15.0. The molecule has 0 aromatic carbocycles. The minimum Gasteiger partial charge on any atom is -0.360 e. The second-order valence-corrected chi connectivity index (χ2v) is 2.52. The molecule has 0 bridgehead atoms. The van der Waals surface area contributed by atoms with Crippen LogP contribution in [0.5, 0.6) is 0 Å². The predicted molar refractivity (Wildman–Crippen MR) is 51.0 cm³/mol. The van der Waals surface area contributed by atoms with E-state index in [2.05, 4.69) is 25.1 Å². The van der Waals surface area contributed by atoms with Crippen molar-refractivity contribution in [3.05, 3.63) is 48.9 Å². The average Bonchev–Trinajstić information content (AvgIpc) is 1.85. The molecule has 0 heterocycles. The van der Waals surface area contributed by atoms with E-state index < -0.39 is 0 Å². The van der Waals surface area contributed by atoms with Gasteiger partial charge in [-0.05, 0) is 25.5 Å². The normalized spacial score (nSPS) is 10.5. The van der Waals surface area contributed by atoms with Gasteiger partial charge in [0.15, 0.2) is 0 Å². The highest BCUT2D eigenvalue weighted by molar-refractivity contribution is 5.26. The van der Waals surface area contributed by atoms with Crippen molar-refractivity contribution < 1.29 is 0 Å². The van der Waals surface area contributed by atoms with Crippen LogP contribution in [0.2, 0.25) is 0 Å². The van der Waals surface area contributed by atoms with Crippen molar-refractivity contribution in [1.29, 1.82) is 0 Å². The van der Waals surface area contributed by atoms with Crippen molar-refractivity contribution in [2.75, 3.05) is 0 Å². The van der Waals surface area contributed by atoms with Crippen LogP contribution in [-0.4, -0.2) is 0 Å². The zero-order valence-electron chi connectivity index (χ0n) is 7.28. The Kier molecular flexibility index (Phi) is 4.04. The monoisotopic (exact) mass is 149 g/mol. The lowest BCUT2D eigenvalue weighted by Gasteiger charge is -2.03. The van der Waals surface area contributed by atoms with Crippen molar-refractivity contribution in [2.45, 2.75) is 13.8 Å². The Morgan fingerprint density at radius 3 is 2.18 bits per heavy atom. The molecule has 0 aliphatic rings. The molecule has 0 unspecified atom stereocenters. The first-order valence-electron chi connectivity index (χ1n) is 3.48. The number of nitrogens with one attached hydrogen (secondary N) is 1. The van der Waals surface area contributed by atoms with Crippen molar-refractivity contribution >= 4 is 0 Å². The van der Waals surface area contributed by atoms with Gasteiger partial charge in [0.25, 0.3) is 0 Å². The highest BCUT2D eigenvalue weighted by Crippen LogP contribution is 1.99. The molecule has 0 aromatic heterocycles. The number of rotatable bonds is 4. The highest BCUT2D eigenvalue weighted by atomic mass is 14.9. The first-order chi connectivity index (χ1) is 5.06. The van der Waals surface area contributed by atoms with Crippen molar-refractivity contribution in [3.63, 3.8) is 0 Å². The van der Waals surface area contributed by atoms with E-state index in [4.69, 9.17) is 0 Å². The highest BCUT2D eigenvalue weighted by Gasteiger charge is 1.87. The smallest absolute Gasteiger partial charge is 0.0311 e. The molecule has 1 N–H and O–H groups in total.